The first kappa shape index (κ1) is 18.0. The van der Waals surface area contributed by atoms with E-state index in [1.54, 1.807) is 0 Å². The van der Waals surface area contributed by atoms with Gasteiger partial charge in [0.15, 0.2) is 0 Å². The van der Waals surface area contributed by atoms with Gasteiger partial charge in [0.25, 0.3) is 0 Å². The van der Waals surface area contributed by atoms with Crippen LogP contribution >= 0.6 is 11.6 Å². The van der Waals surface area contributed by atoms with Gasteiger partial charge in [0, 0.05) is 6.54 Å². The molecule has 0 bridgehead atoms. The largest absolute Gasteiger partial charge is 0.480 e. The van der Waals surface area contributed by atoms with Gasteiger partial charge in [0.05, 0.1) is 15.5 Å². The number of halogens is 4. The molecule has 128 valence electrons. The molecule has 1 unspecified atom stereocenters. The number of hydrogen-bond acceptors (Lipinski definition) is 3. The lowest BCUT2D eigenvalue weighted by Gasteiger charge is -2.32. The molecule has 1 N–H and O–H groups in total. The Balaban J connectivity index is 2.49. The number of carbonyl (C=O) groups is 1. The highest BCUT2D eigenvalue weighted by molar-refractivity contribution is 7.89. The molecule has 0 aliphatic carbocycles. The number of nitrogens with zero attached hydrogens (tertiary/aromatic N) is 1. The summed E-state index contributed by atoms with van der Waals surface area (Å²) < 4.78 is 64.5. The Morgan fingerprint density at radius 1 is 1.30 bits per heavy atom. The second kappa shape index (κ2) is 6.29. The Labute approximate surface area is 135 Å². The van der Waals surface area contributed by atoms with Crippen LogP contribution in [0.1, 0.15) is 24.8 Å². The third-order valence-electron chi connectivity index (χ3n) is 3.59. The van der Waals surface area contributed by atoms with E-state index in [1.165, 1.54) is 0 Å². The van der Waals surface area contributed by atoms with Crippen molar-refractivity contribution in [2.75, 3.05) is 6.54 Å². The van der Waals surface area contributed by atoms with Crippen LogP contribution in [0.4, 0.5) is 13.2 Å². The number of rotatable bonds is 3. The minimum atomic E-state index is -4.81. The number of carboxylic acids is 1. The van der Waals surface area contributed by atoms with Gasteiger partial charge in [-0.25, -0.2) is 8.42 Å². The Morgan fingerprint density at radius 3 is 2.52 bits per heavy atom. The molecule has 1 aliphatic heterocycles. The molecule has 10 heteroatoms. The fourth-order valence-corrected chi connectivity index (χ4v) is 4.36. The van der Waals surface area contributed by atoms with E-state index >= 15 is 0 Å². The number of sulfonamides is 1. The van der Waals surface area contributed by atoms with E-state index in [9.17, 15) is 26.4 Å². The van der Waals surface area contributed by atoms with Gasteiger partial charge in [-0.3, -0.25) is 4.79 Å². The SMILES string of the molecule is O=C(O)C1CCCCN1S(=O)(=O)c1ccc(Cl)c(C(F)(F)F)c1. The number of hydrogen-bond donors (Lipinski definition) is 1. The Morgan fingerprint density at radius 2 is 1.96 bits per heavy atom. The highest BCUT2D eigenvalue weighted by Crippen LogP contribution is 2.37. The molecular formula is C13H13ClF3NO4S. The Kier molecular flexibility index (Phi) is 4.93. The van der Waals surface area contributed by atoms with Gasteiger partial charge in [-0.15, -0.1) is 0 Å². The molecule has 2 rings (SSSR count). The van der Waals surface area contributed by atoms with E-state index in [1.807, 2.05) is 0 Å². The molecule has 1 aromatic rings. The van der Waals surface area contributed by atoms with Crippen molar-refractivity contribution in [2.24, 2.45) is 0 Å². The van der Waals surface area contributed by atoms with Gasteiger partial charge >= 0.3 is 12.1 Å². The van der Waals surface area contributed by atoms with Crippen molar-refractivity contribution >= 4 is 27.6 Å². The van der Waals surface area contributed by atoms with Gasteiger partial charge < -0.3 is 5.11 Å². The molecule has 0 saturated carbocycles. The van der Waals surface area contributed by atoms with Crippen molar-refractivity contribution < 1.29 is 31.5 Å². The van der Waals surface area contributed by atoms with Crippen molar-refractivity contribution in [3.8, 4) is 0 Å². The average Bonchev–Trinajstić information content (AvgIpc) is 2.46. The zero-order valence-electron chi connectivity index (χ0n) is 11.7. The standard InChI is InChI=1S/C13H13ClF3NO4S/c14-10-5-4-8(7-9(10)13(15,16)17)23(21,22)18-6-2-1-3-11(18)12(19)20/h4-5,7,11H,1-3,6H2,(H,19,20). The summed E-state index contributed by atoms with van der Waals surface area (Å²) in [7, 11) is -4.36. The van der Waals surface area contributed by atoms with Gasteiger partial charge in [0.2, 0.25) is 10.0 Å². The molecule has 1 aromatic carbocycles. The molecular weight excluding hydrogens is 359 g/mol. The van der Waals surface area contributed by atoms with Crippen molar-refractivity contribution in [1.29, 1.82) is 0 Å². The summed E-state index contributed by atoms with van der Waals surface area (Å²) in [5, 5.41) is 8.52. The van der Waals surface area contributed by atoms with Crippen molar-refractivity contribution in [3.05, 3.63) is 28.8 Å². The summed E-state index contributed by atoms with van der Waals surface area (Å²) >= 11 is 5.47. The zero-order chi connectivity index (χ0) is 17.4. The normalized spacial score (nSPS) is 20.4. The summed E-state index contributed by atoms with van der Waals surface area (Å²) in [5.74, 6) is -1.32. The predicted octanol–water partition coefficient (Wildman–Crippen LogP) is 2.99. The van der Waals surface area contributed by atoms with Crippen LogP contribution in [0.15, 0.2) is 23.1 Å². The topological polar surface area (TPSA) is 74.7 Å². The first-order valence-corrected chi connectivity index (χ1v) is 8.48. The molecule has 1 aliphatic rings. The van der Waals surface area contributed by atoms with Crippen molar-refractivity contribution in [2.45, 2.75) is 36.4 Å². The molecule has 23 heavy (non-hydrogen) atoms. The third-order valence-corrected chi connectivity index (χ3v) is 5.82. The van der Waals surface area contributed by atoms with E-state index in [4.69, 9.17) is 16.7 Å². The highest BCUT2D eigenvalue weighted by Gasteiger charge is 2.39. The molecule has 0 amide bonds. The number of carboxylic acid groups (broad SMARTS) is 1. The monoisotopic (exact) mass is 371 g/mol. The van der Waals surface area contributed by atoms with Crippen LogP contribution in [0, 0.1) is 0 Å². The van der Waals surface area contributed by atoms with E-state index < -0.39 is 43.7 Å². The Hall–Kier alpha value is -1.32. The summed E-state index contributed by atoms with van der Waals surface area (Å²) in [5.41, 5.74) is -1.27. The van der Waals surface area contributed by atoms with Crippen LogP contribution < -0.4 is 0 Å². The van der Waals surface area contributed by atoms with Crippen molar-refractivity contribution in [3.63, 3.8) is 0 Å². The highest BCUT2D eigenvalue weighted by atomic mass is 35.5. The first-order valence-electron chi connectivity index (χ1n) is 6.66. The van der Waals surface area contributed by atoms with E-state index in [-0.39, 0.29) is 13.0 Å². The molecule has 1 saturated heterocycles. The molecule has 0 spiro atoms. The summed E-state index contributed by atoms with van der Waals surface area (Å²) in [6, 6.07) is 0.946. The molecule has 0 aromatic heterocycles. The molecule has 1 atom stereocenters. The lowest BCUT2D eigenvalue weighted by Crippen LogP contribution is -2.47. The third kappa shape index (κ3) is 3.61. The van der Waals surface area contributed by atoms with Crippen LogP contribution in [0.25, 0.3) is 0 Å². The summed E-state index contributed by atoms with van der Waals surface area (Å²) in [6.07, 6.45) is -3.70. The predicted molar refractivity (Wildman–Crippen MR) is 75.6 cm³/mol. The minimum absolute atomic E-state index is 0.0523. The average molecular weight is 372 g/mol. The smallest absolute Gasteiger partial charge is 0.417 e. The van der Waals surface area contributed by atoms with Crippen molar-refractivity contribution in [1.82, 2.24) is 4.31 Å². The van der Waals surface area contributed by atoms with Gasteiger partial charge in [-0.05, 0) is 37.5 Å². The Bertz CT molecular complexity index is 720. The second-order valence-corrected chi connectivity index (χ2v) is 7.40. The van der Waals surface area contributed by atoms with Crippen LogP contribution in [0.2, 0.25) is 5.02 Å². The number of piperidine rings is 1. The van der Waals surface area contributed by atoms with Gasteiger partial charge in [-0.1, -0.05) is 11.6 Å². The van der Waals surface area contributed by atoms with E-state index in [2.05, 4.69) is 0 Å². The zero-order valence-corrected chi connectivity index (χ0v) is 13.2. The molecule has 5 nitrogen and oxygen atoms in total. The van der Waals surface area contributed by atoms with Crippen LogP contribution in [-0.2, 0) is 21.0 Å². The lowest BCUT2D eigenvalue weighted by atomic mass is 10.1. The fourth-order valence-electron chi connectivity index (χ4n) is 2.46. The molecule has 0 radical (unpaired) electrons. The van der Waals surface area contributed by atoms with Gasteiger partial charge in [0.1, 0.15) is 6.04 Å². The maximum atomic E-state index is 12.9. The second-order valence-electron chi connectivity index (χ2n) is 5.10. The number of benzene rings is 1. The lowest BCUT2D eigenvalue weighted by molar-refractivity contribution is -0.142. The summed E-state index contributed by atoms with van der Waals surface area (Å²) in [6.45, 7) is -0.0523. The van der Waals surface area contributed by atoms with E-state index in [0.717, 1.165) is 16.4 Å². The maximum absolute atomic E-state index is 12.9. The number of alkyl halides is 3. The summed E-state index contributed by atoms with van der Waals surface area (Å²) in [4.78, 5) is 10.6. The number of aliphatic carboxylic acids is 1. The van der Waals surface area contributed by atoms with Crippen LogP contribution in [-0.4, -0.2) is 36.4 Å². The van der Waals surface area contributed by atoms with Gasteiger partial charge in [-0.2, -0.15) is 17.5 Å². The minimum Gasteiger partial charge on any atom is -0.480 e. The fraction of sp³-hybridized carbons (Fsp3) is 0.462. The van der Waals surface area contributed by atoms with E-state index in [0.29, 0.717) is 18.9 Å². The van der Waals surface area contributed by atoms with Crippen LogP contribution in [0.3, 0.4) is 0 Å². The van der Waals surface area contributed by atoms with Crippen LogP contribution in [0.5, 0.6) is 0 Å². The quantitative estimate of drug-likeness (QED) is 0.886. The molecule has 1 heterocycles. The molecule has 1 fully saturated rings. The first-order chi connectivity index (χ1) is 10.5. The maximum Gasteiger partial charge on any atom is 0.417 e.